The molecular formula is C20H31NO4. The fourth-order valence-corrected chi connectivity index (χ4v) is 3.60. The summed E-state index contributed by atoms with van der Waals surface area (Å²) in [6.07, 6.45) is 8.13. The Morgan fingerprint density at radius 1 is 1.04 bits per heavy atom. The van der Waals surface area contributed by atoms with Gasteiger partial charge in [-0.15, -0.1) is 0 Å². The standard InChI is InChI=1S/C20H31NO4/c1-5-6-7-14-8-10-15(11-9-14)20(22)21-16-12-17(23-2)19(25-4)18(13-16)24-3/h12-15H,5-11H2,1-4H3,(H,21,22). The monoisotopic (exact) mass is 349 g/mol. The highest BCUT2D eigenvalue weighted by molar-refractivity contribution is 5.93. The average molecular weight is 349 g/mol. The van der Waals surface area contributed by atoms with Crippen molar-refractivity contribution in [2.45, 2.75) is 51.9 Å². The van der Waals surface area contributed by atoms with E-state index in [0.717, 1.165) is 31.6 Å². The molecule has 0 aliphatic heterocycles. The van der Waals surface area contributed by atoms with Crippen LogP contribution < -0.4 is 19.5 Å². The van der Waals surface area contributed by atoms with E-state index < -0.39 is 0 Å². The SMILES string of the molecule is CCCCC1CCC(C(=O)Nc2cc(OC)c(OC)c(OC)c2)CC1. The van der Waals surface area contributed by atoms with E-state index in [1.165, 1.54) is 19.3 Å². The van der Waals surface area contributed by atoms with Gasteiger partial charge in [-0.3, -0.25) is 4.79 Å². The number of anilines is 1. The zero-order chi connectivity index (χ0) is 18.2. The third kappa shape index (κ3) is 5.03. The van der Waals surface area contributed by atoms with Gasteiger partial charge < -0.3 is 19.5 Å². The quantitative estimate of drug-likeness (QED) is 0.742. The van der Waals surface area contributed by atoms with Crippen LogP contribution in [0.5, 0.6) is 17.2 Å². The molecule has 5 heteroatoms. The molecule has 140 valence electrons. The van der Waals surface area contributed by atoms with E-state index in [9.17, 15) is 4.79 Å². The maximum Gasteiger partial charge on any atom is 0.227 e. The average Bonchev–Trinajstić information content (AvgIpc) is 2.65. The molecule has 0 atom stereocenters. The number of carbonyl (C=O) groups is 1. The summed E-state index contributed by atoms with van der Waals surface area (Å²) in [6, 6.07) is 3.54. The highest BCUT2D eigenvalue weighted by atomic mass is 16.5. The third-order valence-corrected chi connectivity index (χ3v) is 5.12. The van der Waals surface area contributed by atoms with Crippen molar-refractivity contribution in [3.05, 3.63) is 12.1 Å². The van der Waals surface area contributed by atoms with Crippen LogP contribution in [0.1, 0.15) is 51.9 Å². The summed E-state index contributed by atoms with van der Waals surface area (Å²) in [5, 5.41) is 3.02. The van der Waals surface area contributed by atoms with Crippen molar-refractivity contribution in [2.75, 3.05) is 26.6 Å². The summed E-state index contributed by atoms with van der Waals surface area (Å²) < 4.78 is 16.0. The van der Waals surface area contributed by atoms with Gasteiger partial charge in [0, 0.05) is 23.7 Å². The smallest absolute Gasteiger partial charge is 0.227 e. The first-order valence-corrected chi connectivity index (χ1v) is 9.23. The summed E-state index contributed by atoms with van der Waals surface area (Å²) >= 11 is 0. The minimum atomic E-state index is 0.0863. The number of methoxy groups -OCH3 is 3. The van der Waals surface area contributed by atoms with Crippen LogP contribution in [0.2, 0.25) is 0 Å². The van der Waals surface area contributed by atoms with E-state index in [1.807, 2.05) is 0 Å². The third-order valence-electron chi connectivity index (χ3n) is 5.12. The molecule has 0 spiro atoms. The fraction of sp³-hybridized carbons (Fsp3) is 0.650. The number of hydrogen-bond donors (Lipinski definition) is 1. The number of ether oxygens (including phenoxy) is 3. The van der Waals surface area contributed by atoms with E-state index in [1.54, 1.807) is 33.5 Å². The van der Waals surface area contributed by atoms with Crippen molar-refractivity contribution in [3.63, 3.8) is 0 Å². The van der Waals surface area contributed by atoms with Gasteiger partial charge in [0.05, 0.1) is 21.3 Å². The summed E-state index contributed by atoms with van der Waals surface area (Å²) in [7, 11) is 4.70. The number of carbonyl (C=O) groups excluding carboxylic acids is 1. The van der Waals surface area contributed by atoms with Crippen LogP contribution in [0.3, 0.4) is 0 Å². The van der Waals surface area contributed by atoms with Gasteiger partial charge in [-0.05, 0) is 31.6 Å². The van der Waals surface area contributed by atoms with Crippen molar-refractivity contribution in [2.24, 2.45) is 11.8 Å². The molecule has 0 unspecified atom stereocenters. The zero-order valence-corrected chi connectivity index (χ0v) is 15.9. The van der Waals surface area contributed by atoms with Gasteiger partial charge in [-0.25, -0.2) is 0 Å². The van der Waals surface area contributed by atoms with Crippen molar-refractivity contribution in [1.82, 2.24) is 0 Å². The lowest BCUT2D eigenvalue weighted by molar-refractivity contribution is -0.121. The first-order valence-electron chi connectivity index (χ1n) is 9.23. The van der Waals surface area contributed by atoms with Crippen molar-refractivity contribution >= 4 is 11.6 Å². The predicted octanol–water partition coefficient (Wildman–Crippen LogP) is 4.65. The van der Waals surface area contributed by atoms with E-state index in [-0.39, 0.29) is 11.8 Å². The Kier molecular flexibility index (Phi) is 7.41. The van der Waals surface area contributed by atoms with Crippen LogP contribution in [0.25, 0.3) is 0 Å². The van der Waals surface area contributed by atoms with Crippen LogP contribution in [0, 0.1) is 11.8 Å². The Balaban J connectivity index is 1.99. The second-order valence-electron chi connectivity index (χ2n) is 6.76. The molecule has 0 saturated heterocycles. The summed E-state index contributed by atoms with van der Waals surface area (Å²) in [4.78, 5) is 12.6. The molecule has 0 radical (unpaired) electrons. The molecule has 1 fully saturated rings. The second-order valence-corrected chi connectivity index (χ2v) is 6.76. The molecular weight excluding hydrogens is 318 g/mol. The molecule has 1 aliphatic carbocycles. The lowest BCUT2D eigenvalue weighted by Crippen LogP contribution is -2.27. The normalized spacial score (nSPS) is 20.0. The summed E-state index contributed by atoms with van der Waals surface area (Å²) in [5.41, 5.74) is 0.674. The summed E-state index contributed by atoms with van der Waals surface area (Å²) in [6.45, 7) is 2.23. The second kappa shape index (κ2) is 9.54. The molecule has 0 heterocycles. The number of benzene rings is 1. The van der Waals surface area contributed by atoms with Crippen molar-refractivity contribution in [3.8, 4) is 17.2 Å². The molecule has 1 aromatic carbocycles. The van der Waals surface area contributed by atoms with Gasteiger partial charge >= 0.3 is 0 Å². The minimum absolute atomic E-state index is 0.0863. The Morgan fingerprint density at radius 3 is 2.12 bits per heavy atom. The predicted molar refractivity (Wildman–Crippen MR) is 99.7 cm³/mol. The van der Waals surface area contributed by atoms with E-state index in [2.05, 4.69) is 12.2 Å². The van der Waals surface area contributed by atoms with Crippen LogP contribution in [0.4, 0.5) is 5.69 Å². The minimum Gasteiger partial charge on any atom is -0.493 e. The van der Waals surface area contributed by atoms with Gasteiger partial charge in [0.25, 0.3) is 0 Å². The molecule has 1 aliphatic rings. The Bertz CT molecular complexity index is 540. The Hall–Kier alpha value is -1.91. The number of nitrogens with one attached hydrogen (secondary N) is 1. The molecule has 1 aromatic rings. The van der Waals surface area contributed by atoms with Crippen LogP contribution in [-0.2, 0) is 4.79 Å². The molecule has 1 saturated carbocycles. The first-order chi connectivity index (χ1) is 12.1. The number of rotatable bonds is 8. The van der Waals surface area contributed by atoms with Gasteiger partial charge in [-0.2, -0.15) is 0 Å². The zero-order valence-electron chi connectivity index (χ0n) is 15.9. The van der Waals surface area contributed by atoms with Crippen molar-refractivity contribution in [1.29, 1.82) is 0 Å². The Labute approximate surface area is 151 Å². The summed E-state index contributed by atoms with van der Waals surface area (Å²) in [5.74, 6) is 2.59. The molecule has 1 amide bonds. The van der Waals surface area contributed by atoms with E-state index >= 15 is 0 Å². The lowest BCUT2D eigenvalue weighted by Gasteiger charge is -2.27. The Morgan fingerprint density at radius 2 is 1.64 bits per heavy atom. The largest absolute Gasteiger partial charge is 0.493 e. The molecule has 5 nitrogen and oxygen atoms in total. The highest BCUT2D eigenvalue weighted by Gasteiger charge is 2.26. The van der Waals surface area contributed by atoms with Crippen LogP contribution in [0.15, 0.2) is 12.1 Å². The van der Waals surface area contributed by atoms with Gasteiger partial charge in [0.2, 0.25) is 11.7 Å². The number of hydrogen-bond acceptors (Lipinski definition) is 4. The van der Waals surface area contributed by atoms with Crippen LogP contribution >= 0.6 is 0 Å². The number of amides is 1. The molecule has 0 bridgehead atoms. The fourth-order valence-electron chi connectivity index (χ4n) is 3.60. The highest BCUT2D eigenvalue weighted by Crippen LogP contribution is 2.40. The van der Waals surface area contributed by atoms with Crippen molar-refractivity contribution < 1.29 is 19.0 Å². The van der Waals surface area contributed by atoms with Crippen LogP contribution in [-0.4, -0.2) is 27.2 Å². The molecule has 1 N–H and O–H groups in total. The lowest BCUT2D eigenvalue weighted by atomic mass is 9.79. The number of unbranched alkanes of at least 4 members (excludes halogenated alkanes) is 1. The molecule has 25 heavy (non-hydrogen) atoms. The maximum absolute atomic E-state index is 12.6. The van der Waals surface area contributed by atoms with E-state index in [0.29, 0.717) is 22.9 Å². The topological polar surface area (TPSA) is 56.8 Å². The van der Waals surface area contributed by atoms with Gasteiger partial charge in [0.15, 0.2) is 11.5 Å². The molecule has 0 aromatic heterocycles. The molecule has 2 rings (SSSR count). The maximum atomic E-state index is 12.6. The van der Waals surface area contributed by atoms with E-state index in [4.69, 9.17) is 14.2 Å². The van der Waals surface area contributed by atoms with Gasteiger partial charge in [0.1, 0.15) is 0 Å². The van der Waals surface area contributed by atoms with Gasteiger partial charge in [-0.1, -0.05) is 26.2 Å². The first kappa shape index (κ1) is 19.4.